The van der Waals surface area contributed by atoms with Gasteiger partial charge < -0.3 is 9.79 Å². The van der Waals surface area contributed by atoms with Crippen LogP contribution in [0.5, 0.6) is 0 Å². The van der Waals surface area contributed by atoms with Crippen molar-refractivity contribution in [2.75, 3.05) is 0 Å². The third-order valence-electron chi connectivity index (χ3n) is 4.90. The fourth-order valence-corrected chi connectivity index (χ4v) is 7.59. The maximum atomic E-state index is 13.7. The van der Waals surface area contributed by atoms with Crippen molar-refractivity contribution < 1.29 is 32.2 Å². The number of hydrogen-bond donors (Lipinski definition) is 1. The van der Waals surface area contributed by atoms with Crippen LogP contribution in [0.4, 0.5) is 0 Å². The van der Waals surface area contributed by atoms with E-state index in [1.165, 1.54) is 0 Å². The fourth-order valence-electron chi connectivity index (χ4n) is 3.70. The van der Waals surface area contributed by atoms with Gasteiger partial charge in [0.25, 0.3) is 0 Å². The molecule has 1 atom stereocenters. The van der Waals surface area contributed by atoms with Gasteiger partial charge in [-0.2, -0.15) is 9.05 Å². The standard InChI is InChI=1S/C21H46O7P2/c1-13(2)19(14(3)4)25-29(22,23)28-30(24,26-20(15(5)6)16(7)8)27-21(17(9)10)18(11)12/h13-21H,1-12H3,(H,22,23). The molecule has 0 amide bonds. The average molecular weight is 473 g/mol. The molecule has 0 aliphatic heterocycles. The molecule has 0 aliphatic carbocycles. The summed E-state index contributed by atoms with van der Waals surface area (Å²) in [6.07, 6.45) is -1.52. The lowest BCUT2D eigenvalue weighted by molar-refractivity contribution is -0.256. The summed E-state index contributed by atoms with van der Waals surface area (Å²) in [4.78, 5) is 24.2. The zero-order valence-corrected chi connectivity index (χ0v) is 22.8. The Hall–Kier alpha value is 0.420. The molecule has 182 valence electrons. The van der Waals surface area contributed by atoms with Crippen LogP contribution < -0.4 is 4.89 Å². The van der Waals surface area contributed by atoms with Gasteiger partial charge in [0, 0.05) is 0 Å². The summed E-state index contributed by atoms with van der Waals surface area (Å²) in [6, 6.07) is 0. The highest BCUT2D eigenvalue weighted by Gasteiger charge is 2.50. The van der Waals surface area contributed by atoms with E-state index in [9.17, 15) is 14.4 Å². The summed E-state index contributed by atoms with van der Waals surface area (Å²) in [5, 5.41) is 0. The van der Waals surface area contributed by atoms with E-state index in [2.05, 4.69) is 0 Å². The lowest BCUT2D eigenvalue weighted by Gasteiger charge is -2.36. The summed E-state index contributed by atoms with van der Waals surface area (Å²) < 4.78 is 35.2. The van der Waals surface area contributed by atoms with E-state index in [1.807, 2.05) is 83.1 Å². The quantitative estimate of drug-likeness (QED) is 0.299. The predicted octanol–water partition coefficient (Wildman–Crippen LogP) is 6.23. The van der Waals surface area contributed by atoms with Crippen molar-refractivity contribution in [3.8, 4) is 0 Å². The molecule has 9 heteroatoms. The van der Waals surface area contributed by atoms with Gasteiger partial charge in [0.15, 0.2) is 0 Å². The normalized spacial score (nSPS) is 16.0. The molecular formula is C21H46O7P2. The van der Waals surface area contributed by atoms with E-state index in [0.717, 1.165) is 0 Å². The fraction of sp³-hybridized carbons (Fsp3) is 1.00. The molecule has 0 aromatic heterocycles. The highest BCUT2D eigenvalue weighted by Crippen LogP contribution is 2.69. The first-order valence-corrected chi connectivity index (χ1v) is 14.1. The minimum Gasteiger partial charge on any atom is -0.605 e. The summed E-state index contributed by atoms with van der Waals surface area (Å²) in [5.74, 6) is -0.0671. The molecule has 0 saturated heterocycles. The second-order valence-electron chi connectivity index (χ2n) is 10.2. The van der Waals surface area contributed by atoms with E-state index in [1.54, 1.807) is 0 Å². The topological polar surface area (TPSA) is 97.3 Å². The van der Waals surface area contributed by atoms with Gasteiger partial charge in [-0.3, -0.25) is 4.52 Å². The van der Waals surface area contributed by atoms with E-state index >= 15 is 0 Å². The summed E-state index contributed by atoms with van der Waals surface area (Å²) in [7, 11) is -9.15. The molecule has 0 fully saturated rings. The van der Waals surface area contributed by atoms with Crippen molar-refractivity contribution >= 4 is 16.0 Å². The molecule has 0 aromatic carbocycles. The van der Waals surface area contributed by atoms with E-state index in [-0.39, 0.29) is 35.5 Å². The Balaban J connectivity index is 5.94. The molecule has 0 heterocycles. The minimum atomic E-state index is -4.72. The Labute approximate surface area is 185 Å². The first-order chi connectivity index (χ1) is 13.4. The second-order valence-corrected chi connectivity index (χ2v) is 13.3. The third kappa shape index (κ3) is 10.4. The predicted molar refractivity (Wildman–Crippen MR) is 121 cm³/mol. The van der Waals surface area contributed by atoms with Crippen molar-refractivity contribution in [3.05, 3.63) is 0 Å². The molecule has 30 heavy (non-hydrogen) atoms. The van der Waals surface area contributed by atoms with Crippen LogP contribution in [0.1, 0.15) is 83.1 Å². The van der Waals surface area contributed by atoms with Gasteiger partial charge >= 0.3 is 16.0 Å². The molecule has 1 unspecified atom stereocenters. The average Bonchev–Trinajstić information content (AvgIpc) is 2.53. The van der Waals surface area contributed by atoms with Crippen LogP contribution in [0.25, 0.3) is 0 Å². The van der Waals surface area contributed by atoms with Crippen molar-refractivity contribution in [2.24, 2.45) is 35.5 Å². The molecular weight excluding hydrogens is 426 g/mol. The van der Waals surface area contributed by atoms with Gasteiger partial charge in [-0.05, 0) is 35.5 Å². The smallest absolute Gasteiger partial charge is 0.511 e. The first-order valence-electron chi connectivity index (χ1n) is 11.1. The SMILES string of the molecule is CC(C)C(OP(=O)(O)O[P+]([O-])(OC(C(C)C)C(C)C)OC(C(C)C)C(C)C)C(C)C. The number of hydrogen-bond acceptors (Lipinski definition) is 6. The van der Waals surface area contributed by atoms with Gasteiger partial charge in [0.05, 0.1) is 6.10 Å². The van der Waals surface area contributed by atoms with Crippen LogP contribution in [-0.2, 0) is 22.4 Å². The van der Waals surface area contributed by atoms with Crippen molar-refractivity contribution in [2.45, 2.75) is 101 Å². The maximum Gasteiger partial charge on any atom is 0.511 e. The number of rotatable bonds is 14. The van der Waals surface area contributed by atoms with Crippen molar-refractivity contribution in [1.82, 2.24) is 0 Å². The number of phosphoric ester groups is 2. The van der Waals surface area contributed by atoms with Gasteiger partial charge in [-0.25, -0.2) is 4.57 Å². The molecule has 0 spiro atoms. The third-order valence-corrected chi connectivity index (χ3v) is 8.04. The first kappa shape index (κ1) is 30.4. The monoisotopic (exact) mass is 472 g/mol. The lowest BCUT2D eigenvalue weighted by atomic mass is 9.97. The van der Waals surface area contributed by atoms with E-state index in [4.69, 9.17) is 17.9 Å². The van der Waals surface area contributed by atoms with Crippen LogP contribution >= 0.6 is 16.0 Å². The second kappa shape index (κ2) is 12.6. The molecule has 0 aliphatic rings. The molecule has 0 rings (SSSR count). The summed E-state index contributed by atoms with van der Waals surface area (Å²) in [5.41, 5.74) is 0. The van der Waals surface area contributed by atoms with Crippen molar-refractivity contribution in [3.63, 3.8) is 0 Å². The zero-order chi connectivity index (χ0) is 24.0. The molecule has 1 N–H and O–H groups in total. The molecule has 0 saturated carbocycles. The largest absolute Gasteiger partial charge is 0.605 e. The summed E-state index contributed by atoms with van der Waals surface area (Å²) in [6.45, 7) is 23.0. The van der Waals surface area contributed by atoms with Gasteiger partial charge in [0.1, 0.15) is 12.2 Å². The van der Waals surface area contributed by atoms with Crippen molar-refractivity contribution in [1.29, 1.82) is 0 Å². The van der Waals surface area contributed by atoms with Crippen LogP contribution in [0.2, 0.25) is 0 Å². The maximum absolute atomic E-state index is 13.7. The minimum absolute atomic E-state index is 0.000137. The number of phosphoric acid groups is 2. The zero-order valence-electron chi connectivity index (χ0n) is 21.0. The highest BCUT2D eigenvalue weighted by atomic mass is 31.3. The van der Waals surface area contributed by atoms with Gasteiger partial charge in [-0.1, -0.05) is 87.4 Å². The Kier molecular flexibility index (Phi) is 12.8. The molecule has 0 radical (unpaired) electrons. The molecule has 0 aromatic rings. The van der Waals surface area contributed by atoms with E-state index < -0.39 is 34.3 Å². The van der Waals surface area contributed by atoms with Crippen LogP contribution in [0, 0.1) is 35.5 Å². The van der Waals surface area contributed by atoms with Gasteiger partial charge in [-0.15, -0.1) is 0 Å². The van der Waals surface area contributed by atoms with Crippen LogP contribution in [0.3, 0.4) is 0 Å². The van der Waals surface area contributed by atoms with Crippen LogP contribution in [-0.4, -0.2) is 23.2 Å². The van der Waals surface area contributed by atoms with E-state index in [0.29, 0.717) is 0 Å². The molecule has 0 bridgehead atoms. The summed E-state index contributed by atoms with van der Waals surface area (Å²) >= 11 is 0. The molecule has 7 nitrogen and oxygen atoms in total. The Morgan fingerprint density at radius 3 is 1.13 bits per heavy atom. The highest BCUT2D eigenvalue weighted by molar-refractivity contribution is 7.64. The lowest BCUT2D eigenvalue weighted by Crippen LogP contribution is -2.36. The Morgan fingerprint density at radius 1 is 0.633 bits per heavy atom. The van der Waals surface area contributed by atoms with Crippen LogP contribution in [0.15, 0.2) is 0 Å². The Bertz CT molecular complexity index is 489. The van der Waals surface area contributed by atoms with Gasteiger partial charge in [0.2, 0.25) is 0 Å². The Morgan fingerprint density at radius 2 is 0.900 bits per heavy atom.